The molecule has 1 unspecified atom stereocenters. The van der Waals surface area contributed by atoms with Gasteiger partial charge in [-0.1, -0.05) is 6.07 Å². The molecule has 1 aliphatic heterocycles. The highest BCUT2D eigenvalue weighted by Gasteiger charge is 2.20. The molecule has 1 aromatic rings. The Hall–Kier alpha value is -2.41. The Balaban J connectivity index is 2.12. The summed E-state index contributed by atoms with van der Waals surface area (Å²) in [5.41, 5.74) is 0.252. The van der Waals surface area contributed by atoms with E-state index in [0.717, 1.165) is 12.5 Å². The van der Waals surface area contributed by atoms with Crippen molar-refractivity contribution in [3.63, 3.8) is 0 Å². The third kappa shape index (κ3) is 4.28. The van der Waals surface area contributed by atoms with E-state index in [1.807, 2.05) is 0 Å². The number of nitro benzene ring substituents is 1. The number of carbonyl (C=O) groups is 1. The largest absolute Gasteiger partial charge is 0.486 e. The monoisotopic (exact) mass is 293 g/mol. The normalized spacial score (nSPS) is 18.0. The van der Waals surface area contributed by atoms with Gasteiger partial charge in [0.05, 0.1) is 18.1 Å². The van der Waals surface area contributed by atoms with Crippen molar-refractivity contribution >= 4 is 17.7 Å². The summed E-state index contributed by atoms with van der Waals surface area (Å²) < 4.78 is 10.7. The maximum Gasteiger partial charge on any atom is 0.328 e. The third-order valence-electron chi connectivity index (χ3n) is 3.10. The van der Waals surface area contributed by atoms with Crippen LogP contribution < -0.4 is 4.74 Å². The maximum atomic E-state index is 11.1. The quantitative estimate of drug-likeness (QED) is 0.490. The van der Waals surface area contributed by atoms with Gasteiger partial charge in [0.15, 0.2) is 5.75 Å². The van der Waals surface area contributed by atoms with E-state index in [4.69, 9.17) is 14.6 Å². The van der Waals surface area contributed by atoms with Gasteiger partial charge in [-0.2, -0.15) is 0 Å². The molecule has 1 saturated heterocycles. The minimum atomic E-state index is -1.11. The number of hydrogen-bond acceptors (Lipinski definition) is 5. The highest BCUT2D eigenvalue weighted by molar-refractivity contribution is 5.85. The van der Waals surface area contributed by atoms with E-state index in [9.17, 15) is 14.9 Å². The molecule has 7 heteroatoms. The molecular formula is C14H15NO6. The fourth-order valence-electron chi connectivity index (χ4n) is 1.99. The van der Waals surface area contributed by atoms with E-state index in [2.05, 4.69) is 0 Å². The molecule has 1 fully saturated rings. The number of hydrogen-bond donors (Lipinski definition) is 1. The maximum absolute atomic E-state index is 11.1. The van der Waals surface area contributed by atoms with Crippen molar-refractivity contribution in [2.75, 3.05) is 19.8 Å². The average Bonchev–Trinajstić information content (AvgIpc) is 2.96. The van der Waals surface area contributed by atoms with Crippen LogP contribution in [0.3, 0.4) is 0 Å². The zero-order valence-corrected chi connectivity index (χ0v) is 11.2. The van der Waals surface area contributed by atoms with E-state index in [-0.39, 0.29) is 17.4 Å². The van der Waals surface area contributed by atoms with Crippen LogP contribution in [0.1, 0.15) is 12.0 Å². The molecule has 0 bridgehead atoms. The topological polar surface area (TPSA) is 98.9 Å². The van der Waals surface area contributed by atoms with E-state index in [1.54, 1.807) is 6.07 Å². The molecule has 2 rings (SSSR count). The minimum Gasteiger partial charge on any atom is -0.486 e. The number of nitrogens with zero attached hydrogens (tertiary/aromatic N) is 1. The predicted molar refractivity (Wildman–Crippen MR) is 74.2 cm³/mol. The molecule has 1 heterocycles. The van der Waals surface area contributed by atoms with E-state index < -0.39 is 10.9 Å². The van der Waals surface area contributed by atoms with Crippen LogP contribution in [0.5, 0.6) is 5.75 Å². The third-order valence-corrected chi connectivity index (χ3v) is 3.10. The minimum absolute atomic E-state index is 0.179. The molecule has 0 amide bonds. The Kier molecular flexibility index (Phi) is 4.89. The lowest BCUT2D eigenvalue weighted by Crippen LogP contribution is -2.12. The molecule has 0 aliphatic carbocycles. The summed E-state index contributed by atoms with van der Waals surface area (Å²) in [5.74, 6) is -0.685. The van der Waals surface area contributed by atoms with Crippen LogP contribution in [0.4, 0.5) is 5.69 Å². The standard InChI is InChI=1S/C14H15NO6/c16-14(17)4-2-10-1-3-13(12(7-10)15(18)19)21-9-11-5-6-20-8-11/h1-4,7,11H,5-6,8-9H2,(H,16,17). The molecule has 0 saturated carbocycles. The van der Waals surface area contributed by atoms with Gasteiger partial charge in [0.25, 0.3) is 0 Å². The summed E-state index contributed by atoms with van der Waals surface area (Å²) in [6.07, 6.45) is 3.10. The molecule has 1 N–H and O–H groups in total. The van der Waals surface area contributed by atoms with Gasteiger partial charge in [0.1, 0.15) is 0 Å². The number of carboxylic acids is 1. The highest BCUT2D eigenvalue weighted by Crippen LogP contribution is 2.29. The number of ether oxygens (including phenoxy) is 2. The first-order valence-corrected chi connectivity index (χ1v) is 6.46. The summed E-state index contributed by atoms with van der Waals surface area (Å²) in [5, 5.41) is 19.6. The lowest BCUT2D eigenvalue weighted by Gasteiger charge is -2.10. The second kappa shape index (κ2) is 6.85. The molecule has 0 aromatic heterocycles. The number of nitro groups is 1. The van der Waals surface area contributed by atoms with Gasteiger partial charge in [0.2, 0.25) is 0 Å². The summed E-state index contributed by atoms with van der Waals surface area (Å²) >= 11 is 0. The Bertz CT molecular complexity index is 563. The van der Waals surface area contributed by atoms with Gasteiger partial charge >= 0.3 is 11.7 Å². The van der Waals surface area contributed by atoms with Crippen molar-refractivity contribution < 1.29 is 24.3 Å². The summed E-state index contributed by atoms with van der Waals surface area (Å²) in [6, 6.07) is 4.35. The van der Waals surface area contributed by atoms with Crippen molar-refractivity contribution in [3.8, 4) is 5.75 Å². The smallest absolute Gasteiger partial charge is 0.328 e. The van der Waals surface area contributed by atoms with Crippen LogP contribution in [0.2, 0.25) is 0 Å². The molecular weight excluding hydrogens is 278 g/mol. The Labute approximate surface area is 120 Å². The van der Waals surface area contributed by atoms with Crippen molar-refractivity contribution in [3.05, 3.63) is 40.0 Å². The number of carboxylic acid groups (broad SMARTS) is 1. The van der Waals surface area contributed by atoms with Crippen molar-refractivity contribution in [1.29, 1.82) is 0 Å². The molecule has 1 atom stereocenters. The zero-order chi connectivity index (χ0) is 15.2. The lowest BCUT2D eigenvalue weighted by atomic mass is 10.1. The first-order chi connectivity index (χ1) is 10.1. The van der Waals surface area contributed by atoms with Gasteiger partial charge in [-0.3, -0.25) is 10.1 Å². The molecule has 21 heavy (non-hydrogen) atoms. The van der Waals surface area contributed by atoms with Crippen LogP contribution in [-0.2, 0) is 9.53 Å². The van der Waals surface area contributed by atoms with Gasteiger partial charge < -0.3 is 14.6 Å². The molecule has 0 radical (unpaired) electrons. The molecule has 112 valence electrons. The van der Waals surface area contributed by atoms with E-state index >= 15 is 0 Å². The second-order valence-electron chi connectivity index (χ2n) is 4.70. The highest BCUT2D eigenvalue weighted by atomic mass is 16.6. The molecule has 1 aliphatic rings. The van der Waals surface area contributed by atoms with Gasteiger partial charge in [-0.25, -0.2) is 4.79 Å². The zero-order valence-electron chi connectivity index (χ0n) is 11.2. The fourth-order valence-corrected chi connectivity index (χ4v) is 1.99. The van der Waals surface area contributed by atoms with Gasteiger partial charge in [0, 0.05) is 24.7 Å². The summed E-state index contributed by atoms with van der Waals surface area (Å²) in [7, 11) is 0. The summed E-state index contributed by atoms with van der Waals surface area (Å²) in [4.78, 5) is 21.0. The van der Waals surface area contributed by atoms with Gasteiger partial charge in [-0.15, -0.1) is 0 Å². The first-order valence-electron chi connectivity index (χ1n) is 6.46. The fraction of sp³-hybridized carbons (Fsp3) is 0.357. The van der Waals surface area contributed by atoms with E-state index in [1.165, 1.54) is 18.2 Å². The molecule has 7 nitrogen and oxygen atoms in total. The van der Waals surface area contributed by atoms with Crippen LogP contribution in [0.15, 0.2) is 24.3 Å². The summed E-state index contributed by atoms with van der Waals surface area (Å²) in [6.45, 7) is 1.66. The average molecular weight is 293 g/mol. The van der Waals surface area contributed by atoms with Crippen LogP contribution >= 0.6 is 0 Å². The second-order valence-corrected chi connectivity index (χ2v) is 4.70. The Morgan fingerprint density at radius 2 is 2.38 bits per heavy atom. The number of aliphatic carboxylic acids is 1. The van der Waals surface area contributed by atoms with Crippen molar-refractivity contribution in [1.82, 2.24) is 0 Å². The van der Waals surface area contributed by atoms with E-state index in [0.29, 0.717) is 25.4 Å². The SMILES string of the molecule is O=C(O)C=Cc1ccc(OCC2CCOC2)c([N+](=O)[O-])c1. The van der Waals surface area contributed by atoms with Crippen molar-refractivity contribution in [2.45, 2.75) is 6.42 Å². The Morgan fingerprint density at radius 1 is 1.57 bits per heavy atom. The number of benzene rings is 1. The predicted octanol–water partition coefficient (Wildman–Crippen LogP) is 2.11. The Morgan fingerprint density at radius 3 is 3.00 bits per heavy atom. The van der Waals surface area contributed by atoms with Crippen LogP contribution in [0.25, 0.3) is 6.08 Å². The first kappa shape index (κ1) is 15.0. The van der Waals surface area contributed by atoms with Crippen LogP contribution in [0, 0.1) is 16.0 Å². The van der Waals surface area contributed by atoms with Crippen LogP contribution in [-0.4, -0.2) is 35.8 Å². The lowest BCUT2D eigenvalue weighted by molar-refractivity contribution is -0.385. The van der Waals surface area contributed by atoms with Crippen molar-refractivity contribution in [2.24, 2.45) is 5.92 Å². The number of rotatable bonds is 6. The van der Waals surface area contributed by atoms with Gasteiger partial charge in [-0.05, 0) is 24.1 Å². The molecule has 1 aromatic carbocycles. The molecule has 0 spiro atoms.